The van der Waals surface area contributed by atoms with Crippen LogP contribution in [0.2, 0.25) is 19.6 Å². The van der Waals surface area contributed by atoms with Crippen molar-refractivity contribution in [3.8, 4) is 0 Å². The molecule has 1 aromatic carbocycles. The molecular formula is C13H17F2NOSi. The fourth-order valence-electron chi connectivity index (χ4n) is 1.44. The molecule has 0 saturated heterocycles. The van der Waals surface area contributed by atoms with Gasteiger partial charge in [0.25, 0.3) is 6.08 Å². The summed E-state index contributed by atoms with van der Waals surface area (Å²) in [6.45, 7) is 6.69. The fraction of sp³-hybridized carbons (Fsp3) is 0.308. The molecule has 18 heavy (non-hydrogen) atoms. The van der Waals surface area contributed by atoms with Gasteiger partial charge in [-0.15, -0.1) is 0 Å². The summed E-state index contributed by atoms with van der Waals surface area (Å²) in [5.74, 6) is -0.441. The van der Waals surface area contributed by atoms with Gasteiger partial charge in [0.15, 0.2) is 0 Å². The predicted molar refractivity (Wildman–Crippen MR) is 73.0 cm³/mol. The maximum Gasteiger partial charge on any atom is 0.266 e. The second-order valence-corrected chi connectivity index (χ2v) is 10.2. The van der Waals surface area contributed by atoms with Gasteiger partial charge in [0.05, 0.1) is 14.5 Å². The van der Waals surface area contributed by atoms with Gasteiger partial charge in [0.1, 0.15) is 0 Å². The largest absolute Gasteiger partial charge is 0.326 e. The van der Waals surface area contributed by atoms with Gasteiger partial charge in [0, 0.05) is 5.69 Å². The van der Waals surface area contributed by atoms with Crippen LogP contribution in [0.1, 0.15) is 6.42 Å². The van der Waals surface area contributed by atoms with E-state index in [1.807, 2.05) is 12.1 Å². The molecular weight excluding hydrogens is 252 g/mol. The lowest BCUT2D eigenvalue weighted by Gasteiger charge is -2.16. The summed E-state index contributed by atoms with van der Waals surface area (Å²) in [5.41, 5.74) is 0.634. The highest BCUT2D eigenvalue weighted by molar-refractivity contribution is 6.88. The Labute approximate surface area is 107 Å². The molecule has 0 aliphatic rings. The number of halogens is 2. The first-order valence-corrected chi connectivity index (χ1v) is 9.20. The van der Waals surface area contributed by atoms with Crippen LogP contribution in [0.25, 0.3) is 0 Å². The summed E-state index contributed by atoms with van der Waals surface area (Å²) in [6.07, 6.45) is -1.54. The van der Waals surface area contributed by atoms with E-state index in [4.69, 9.17) is 0 Å². The van der Waals surface area contributed by atoms with Crippen LogP contribution in [-0.2, 0) is 4.79 Å². The van der Waals surface area contributed by atoms with Crippen LogP contribution in [-0.4, -0.2) is 14.0 Å². The Morgan fingerprint density at radius 1 is 1.22 bits per heavy atom. The third-order valence-corrected chi connectivity index (χ3v) is 4.54. The summed E-state index contributed by atoms with van der Waals surface area (Å²) in [7, 11) is -1.35. The van der Waals surface area contributed by atoms with E-state index in [0.29, 0.717) is 11.8 Å². The average Bonchev–Trinajstić information content (AvgIpc) is 2.26. The molecule has 0 aliphatic heterocycles. The summed E-state index contributed by atoms with van der Waals surface area (Å²) in [5, 5.41) is 3.86. The topological polar surface area (TPSA) is 29.1 Å². The first-order chi connectivity index (χ1) is 8.29. The lowest BCUT2D eigenvalue weighted by atomic mass is 10.3. The number of nitrogens with one attached hydrogen (secondary N) is 1. The van der Waals surface area contributed by atoms with E-state index >= 15 is 0 Å². The highest BCUT2D eigenvalue weighted by atomic mass is 28.3. The molecule has 0 fully saturated rings. The molecule has 5 heteroatoms. The number of hydrogen-bond acceptors (Lipinski definition) is 1. The second kappa shape index (κ2) is 5.91. The minimum absolute atomic E-state index is 0.307. The standard InChI is InChI=1S/C13H17F2NOSi/c1-18(2,3)11-6-4-10(5-7-11)16-13(17)9-8-12(14)15/h4-8H,9H2,1-3H3,(H,16,17). The van der Waals surface area contributed by atoms with Crippen LogP contribution in [0.15, 0.2) is 36.4 Å². The zero-order valence-electron chi connectivity index (χ0n) is 10.8. The van der Waals surface area contributed by atoms with Gasteiger partial charge in [-0.3, -0.25) is 4.79 Å². The zero-order valence-corrected chi connectivity index (χ0v) is 11.8. The Hall–Kier alpha value is -1.49. The van der Waals surface area contributed by atoms with Crippen LogP contribution in [0, 0.1) is 0 Å². The highest BCUT2D eigenvalue weighted by Crippen LogP contribution is 2.09. The van der Waals surface area contributed by atoms with Gasteiger partial charge in [0.2, 0.25) is 5.91 Å². The number of hydrogen-bond donors (Lipinski definition) is 1. The molecule has 98 valence electrons. The van der Waals surface area contributed by atoms with Crippen molar-refractivity contribution < 1.29 is 13.6 Å². The molecule has 1 rings (SSSR count). The molecule has 0 heterocycles. The van der Waals surface area contributed by atoms with Gasteiger partial charge in [-0.2, -0.15) is 8.78 Å². The van der Waals surface area contributed by atoms with Crippen LogP contribution in [0.4, 0.5) is 14.5 Å². The number of benzene rings is 1. The van der Waals surface area contributed by atoms with Crippen molar-refractivity contribution >= 4 is 24.9 Å². The van der Waals surface area contributed by atoms with E-state index < -0.39 is 20.1 Å². The lowest BCUT2D eigenvalue weighted by Crippen LogP contribution is -2.37. The van der Waals surface area contributed by atoms with Crippen LogP contribution >= 0.6 is 0 Å². The molecule has 1 N–H and O–H groups in total. The smallest absolute Gasteiger partial charge is 0.266 e. The Morgan fingerprint density at radius 3 is 2.22 bits per heavy atom. The normalized spacial score (nSPS) is 10.9. The van der Waals surface area contributed by atoms with E-state index in [9.17, 15) is 13.6 Å². The van der Waals surface area contributed by atoms with Crippen molar-refractivity contribution in [3.63, 3.8) is 0 Å². The Balaban J connectivity index is 2.64. The molecule has 2 nitrogen and oxygen atoms in total. The van der Waals surface area contributed by atoms with E-state index in [1.54, 1.807) is 12.1 Å². The Kier molecular flexibility index (Phi) is 4.78. The van der Waals surface area contributed by atoms with Gasteiger partial charge in [-0.1, -0.05) is 37.0 Å². The Morgan fingerprint density at radius 2 is 1.78 bits per heavy atom. The molecule has 1 amide bonds. The van der Waals surface area contributed by atoms with Gasteiger partial charge >= 0.3 is 0 Å². The number of carbonyl (C=O) groups excluding carboxylic acids is 1. The number of amides is 1. The summed E-state index contributed by atoms with van der Waals surface area (Å²) in [4.78, 5) is 11.3. The molecule has 0 bridgehead atoms. The predicted octanol–water partition coefficient (Wildman–Crippen LogP) is 3.34. The van der Waals surface area contributed by atoms with E-state index in [-0.39, 0.29) is 6.42 Å². The van der Waals surface area contributed by atoms with Crippen molar-refractivity contribution in [1.82, 2.24) is 0 Å². The number of anilines is 1. The van der Waals surface area contributed by atoms with Crippen molar-refractivity contribution in [3.05, 3.63) is 36.4 Å². The maximum absolute atomic E-state index is 11.8. The molecule has 0 saturated carbocycles. The fourth-order valence-corrected chi connectivity index (χ4v) is 2.60. The molecule has 0 aromatic heterocycles. The van der Waals surface area contributed by atoms with E-state index in [0.717, 1.165) is 0 Å². The number of carbonyl (C=O) groups is 1. The first-order valence-electron chi connectivity index (χ1n) is 5.70. The minimum Gasteiger partial charge on any atom is -0.326 e. The van der Waals surface area contributed by atoms with Crippen LogP contribution < -0.4 is 10.5 Å². The molecule has 0 spiro atoms. The molecule has 0 atom stereocenters. The Bertz CT molecular complexity index is 445. The molecule has 0 aliphatic carbocycles. The second-order valence-electron chi connectivity index (χ2n) is 5.07. The SMILES string of the molecule is C[Si](C)(C)c1ccc(NC(=O)CC=C(F)F)cc1. The lowest BCUT2D eigenvalue weighted by molar-refractivity contribution is -0.115. The van der Waals surface area contributed by atoms with Crippen molar-refractivity contribution in [2.45, 2.75) is 26.1 Å². The maximum atomic E-state index is 11.8. The quantitative estimate of drug-likeness (QED) is 0.835. The van der Waals surface area contributed by atoms with Gasteiger partial charge in [-0.05, 0) is 18.2 Å². The summed E-state index contributed by atoms with van der Waals surface area (Å²) in [6, 6.07) is 7.57. The summed E-state index contributed by atoms with van der Waals surface area (Å²) < 4.78 is 23.6. The van der Waals surface area contributed by atoms with E-state index in [2.05, 4.69) is 25.0 Å². The van der Waals surface area contributed by atoms with Crippen LogP contribution in [0.5, 0.6) is 0 Å². The molecule has 0 radical (unpaired) electrons. The minimum atomic E-state index is -1.83. The average molecular weight is 269 g/mol. The van der Waals surface area contributed by atoms with Crippen LogP contribution in [0.3, 0.4) is 0 Å². The summed E-state index contributed by atoms with van der Waals surface area (Å²) >= 11 is 0. The van der Waals surface area contributed by atoms with Crippen molar-refractivity contribution in [2.75, 3.05) is 5.32 Å². The third-order valence-electron chi connectivity index (χ3n) is 2.48. The molecule has 0 unspecified atom stereocenters. The number of rotatable bonds is 4. The first kappa shape index (κ1) is 14.6. The van der Waals surface area contributed by atoms with Crippen molar-refractivity contribution in [2.24, 2.45) is 0 Å². The van der Waals surface area contributed by atoms with Gasteiger partial charge < -0.3 is 5.32 Å². The van der Waals surface area contributed by atoms with Gasteiger partial charge in [-0.25, -0.2) is 0 Å². The highest BCUT2D eigenvalue weighted by Gasteiger charge is 2.15. The third kappa shape index (κ3) is 4.79. The zero-order chi connectivity index (χ0) is 13.8. The van der Waals surface area contributed by atoms with Crippen molar-refractivity contribution in [1.29, 1.82) is 0 Å². The monoisotopic (exact) mass is 269 g/mol. The molecule has 1 aromatic rings. The van der Waals surface area contributed by atoms with E-state index in [1.165, 1.54) is 5.19 Å².